The molecule has 2 aromatic carbocycles. The van der Waals surface area contributed by atoms with E-state index >= 15 is 0 Å². The first-order chi connectivity index (χ1) is 12.6. The van der Waals surface area contributed by atoms with Crippen LogP contribution in [0.1, 0.15) is 32.0 Å². The second-order valence-electron chi connectivity index (χ2n) is 5.90. The smallest absolute Gasteiger partial charge is 0.290 e. The summed E-state index contributed by atoms with van der Waals surface area (Å²) in [6.45, 7) is 2.29. The van der Waals surface area contributed by atoms with Gasteiger partial charge in [0.15, 0.2) is 0 Å². The largest absolute Gasteiger partial charge is 0.355 e. The zero-order valence-electron chi connectivity index (χ0n) is 14.6. The van der Waals surface area contributed by atoms with Crippen molar-refractivity contribution < 1.29 is 14.1 Å². The molecule has 0 aliphatic carbocycles. The number of amides is 2. The van der Waals surface area contributed by atoms with Crippen molar-refractivity contribution in [2.75, 3.05) is 7.05 Å². The summed E-state index contributed by atoms with van der Waals surface area (Å²) in [5.41, 5.74) is 4.00. The molecule has 132 valence electrons. The molecule has 0 fully saturated rings. The van der Waals surface area contributed by atoms with Crippen LogP contribution in [-0.4, -0.2) is 24.0 Å². The number of aryl methyl sites for hydroxylation is 1. The van der Waals surface area contributed by atoms with Crippen LogP contribution >= 0.6 is 0 Å². The lowest BCUT2D eigenvalue weighted by atomic mass is 10.1. The van der Waals surface area contributed by atoms with E-state index in [1.165, 1.54) is 0 Å². The highest BCUT2D eigenvalue weighted by molar-refractivity contribution is 5.94. The molecule has 2 N–H and O–H groups in total. The lowest BCUT2D eigenvalue weighted by molar-refractivity contribution is 0.0913. The summed E-state index contributed by atoms with van der Waals surface area (Å²) in [6.07, 6.45) is 0. The van der Waals surface area contributed by atoms with Crippen LogP contribution in [0.25, 0.3) is 11.3 Å². The molecule has 0 aliphatic rings. The maximum absolute atomic E-state index is 12.3. The van der Waals surface area contributed by atoms with E-state index in [4.69, 9.17) is 4.52 Å². The lowest BCUT2D eigenvalue weighted by Crippen LogP contribution is -2.23. The highest BCUT2D eigenvalue weighted by Gasteiger charge is 2.14. The third-order valence-electron chi connectivity index (χ3n) is 3.95. The highest BCUT2D eigenvalue weighted by atomic mass is 16.5. The molecule has 0 aliphatic heterocycles. The van der Waals surface area contributed by atoms with Crippen LogP contribution < -0.4 is 10.6 Å². The summed E-state index contributed by atoms with van der Waals surface area (Å²) in [5, 5.41) is 9.29. The molecule has 0 radical (unpaired) electrons. The zero-order chi connectivity index (χ0) is 18.5. The Kier molecular flexibility index (Phi) is 5.12. The van der Waals surface area contributed by atoms with Gasteiger partial charge in [0, 0.05) is 30.8 Å². The normalized spacial score (nSPS) is 10.4. The summed E-state index contributed by atoms with van der Waals surface area (Å²) in [6, 6.07) is 16.5. The minimum atomic E-state index is -0.360. The molecule has 0 spiro atoms. The molecule has 3 aromatic rings. The molecule has 1 heterocycles. The van der Waals surface area contributed by atoms with Crippen molar-refractivity contribution in [1.82, 2.24) is 15.8 Å². The number of hydrogen-bond donors (Lipinski definition) is 2. The van der Waals surface area contributed by atoms with Crippen LogP contribution in [-0.2, 0) is 6.54 Å². The van der Waals surface area contributed by atoms with Crippen LogP contribution in [0.4, 0.5) is 0 Å². The Bertz CT molecular complexity index is 929. The van der Waals surface area contributed by atoms with Gasteiger partial charge < -0.3 is 15.2 Å². The minimum absolute atomic E-state index is 0.142. The molecule has 1 aromatic heterocycles. The number of nitrogens with one attached hydrogen (secondary N) is 2. The fourth-order valence-electron chi connectivity index (χ4n) is 2.48. The van der Waals surface area contributed by atoms with Gasteiger partial charge in [-0.1, -0.05) is 47.1 Å². The fraction of sp³-hybridized carbons (Fsp3) is 0.150. The molecule has 0 atom stereocenters. The van der Waals surface area contributed by atoms with Gasteiger partial charge in [0.25, 0.3) is 11.8 Å². The summed E-state index contributed by atoms with van der Waals surface area (Å²) in [5.74, 6) is -0.389. The number of carbonyl (C=O) groups is 2. The Balaban J connectivity index is 1.66. The molecule has 0 saturated carbocycles. The Morgan fingerprint density at radius 3 is 2.54 bits per heavy atom. The first kappa shape index (κ1) is 17.4. The SMILES string of the molecule is CNC(=O)c1cccc(CNC(=O)c2cc(-c3ccc(C)cc3)no2)c1. The van der Waals surface area contributed by atoms with Crippen LogP contribution in [0, 0.1) is 6.92 Å². The fourth-order valence-corrected chi connectivity index (χ4v) is 2.48. The second kappa shape index (κ2) is 7.65. The van der Waals surface area contributed by atoms with Crippen LogP contribution in [0.5, 0.6) is 0 Å². The minimum Gasteiger partial charge on any atom is -0.355 e. The number of nitrogens with zero attached hydrogens (tertiary/aromatic N) is 1. The Morgan fingerprint density at radius 1 is 1.04 bits per heavy atom. The molecule has 6 nitrogen and oxygen atoms in total. The highest BCUT2D eigenvalue weighted by Crippen LogP contribution is 2.19. The molecule has 0 unspecified atom stereocenters. The van der Waals surface area contributed by atoms with Gasteiger partial charge in [-0.3, -0.25) is 9.59 Å². The van der Waals surface area contributed by atoms with Gasteiger partial charge in [-0.05, 0) is 24.6 Å². The topological polar surface area (TPSA) is 84.2 Å². The predicted octanol–water partition coefficient (Wildman–Crippen LogP) is 2.94. The third-order valence-corrected chi connectivity index (χ3v) is 3.95. The first-order valence-corrected chi connectivity index (χ1v) is 8.20. The van der Waals surface area contributed by atoms with Gasteiger partial charge in [-0.15, -0.1) is 0 Å². The molecular formula is C20H19N3O3. The summed E-state index contributed by atoms with van der Waals surface area (Å²) < 4.78 is 5.15. The van der Waals surface area contributed by atoms with E-state index in [1.54, 1.807) is 31.3 Å². The average Bonchev–Trinajstić information content (AvgIpc) is 3.16. The van der Waals surface area contributed by atoms with E-state index in [2.05, 4.69) is 15.8 Å². The summed E-state index contributed by atoms with van der Waals surface area (Å²) in [4.78, 5) is 23.9. The van der Waals surface area contributed by atoms with Gasteiger partial charge in [-0.2, -0.15) is 0 Å². The number of benzene rings is 2. The van der Waals surface area contributed by atoms with Gasteiger partial charge in [0.2, 0.25) is 5.76 Å². The van der Waals surface area contributed by atoms with Crippen molar-refractivity contribution >= 4 is 11.8 Å². The predicted molar refractivity (Wildman–Crippen MR) is 97.7 cm³/mol. The Morgan fingerprint density at radius 2 is 1.81 bits per heavy atom. The molecule has 0 bridgehead atoms. The Labute approximate surface area is 151 Å². The molecule has 0 saturated heterocycles. The molecule has 3 rings (SSSR count). The van der Waals surface area contributed by atoms with Crippen molar-refractivity contribution in [3.63, 3.8) is 0 Å². The van der Waals surface area contributed by atoms with E-state index < -0.39 is 0 Å². The van der Waals surface area contributed by atoms with Crippen molar-refractivity contribution in [2.45, 2.75) is 13.5 Å². The maximum Gasteiger partial charge on any atom is 0.290 e. The van der Waals surface area contributed by atoms with Gasteiger partial charge >= 0.3 is 0 Å². The molecular weight excluding hydrogens is 330 g/mol. The number of carbonyl (C=O) groups excluding carboxylic acids is 2. The zero-order valence-corrected chi connectivity index (χ0v) is 14.6. The standard InChI is InChI=1S/C20H19N3O3/c1-13-6-8-15(9-7-13)17-11-18(26-23-17)20(25)22-12-14-4-3-5-16(10-14)19(24)21-2/h3-11H,12H2,1-2H3,(H,21,24)(H,22,25). The van der Waals surface area contributed by atoms with Crippen LogP contribution in [0.2, 0.25) is 0 Å². The number of rotatable bonds is 5. The van der Waals surface area contributed by atoms with Crippen molar-refractivity contribution in [3.8, 4) is 11.3 Å². The Hall–Kier alpha value is -3.41. The van der Waals surface area contributed by atoms with Gasteiger partial charge in [-0.25, -0.2) is 0 Å². The first-order valence-electron chi connectivity index (χ1n) is 8.20. The quantitative estimate of drug-likeness (QED) is 0.742. The van der Waals surface area contributed by atoms with E-state index in [0.29, 0.717) is 11.3 Å². The molecule has 6 heteroatoms. The van der Waals surface area contributed by atoms with E-state index in [-0.39, 0.29) is 24.1 Å². The van der Waals surface area contributed by atoms with Crippen LogP contribution in [0.15, 0.2) is 59.1 Å². The van der Waals surface area contributed by atoms with Gasteiger partial charge in [0.05, 0.1) is 0 Å². The van der Waals surface area contributed by atoms with E-state index in [0.717, 1.165) is 16.7 Å². The second-order valence-corrected chi connectivity index (χ2v) is 5.90. The summed E-state index contributed by atoms with van der Waals surface area (Å²) >= 11 is 0. The van der Waals surface area contributed by atoms with E-state index in [9.17, 15) is 9.59 Å². The molecule has 2 amide bonds. The maximum atomic E-state index is 12.3. The van der Waals surface area contributed by atoms with Crippen molar-refractivity contribution in [2.24, 2.45) is 0 Å². The lowest BCUT2D eigenvalue weighted by Gasteiger charge is -2.05. The van der Waals surface area contributed by atoms with E-state index in [1.807, 2.05) is 37.3 Å². The van der Waals surface area contributed by atoms with Crippen LogP contribution in [0.3, 0.4) is 0 Å². The average molecular weight is 349 g/mol. The third kappa shape index (κ3) is 3.97. The summed E-state index contributed by atoms with van der Waals surface area (Å²) in [7, 11) is 1.58. The van der Waals surface area contributed by atoms with Crippen molar-refractivity contribution in [1.29, 1.82) is 0 Å². The monoisotopic (exact) mass is 349 g/mol. The molecule has 26 heavy (non-hydrogen) atoms. The van der Waals surface area contributed by atoms with Crippen molar-refractivity contribution in [3.05, 3.63) is 77.0 Å². The number of aromatic nitrogens is 1. The number of hydrogen-bond acceptors (Lipinski definition) is 4. The van der Waals surface area contributed by atoms with Gasteiger partial charge in [0.1, 0.15) is 5.69 Å².